The zero-order valence-electron chi connectivity index (χ0n) is 10.6. The van der Waals surface area contributed by atoms with Gasteiger partial charge in [0.25, 0.3) is 0 Å². The van der Waals surface area contributed by atoms with Crippen LogP contribution in [0.25, 0.3) is 0 Å². The Morgan fingerprint density at radius 3 is 2.35 bits per heavy atom. The van der Waals surface area contributed by atoms with E-state index in [0.717, 1.165) is 18.4 Å². The minimum atomic E-state index is -0.313. The number of hydrogen-bond acceptors (Lipinski definition) is 1. The predicted octanol–water partition coefficient (Wildman–Crippen LogP) is 4.72. The highest BCUT2D eigenvalue weighted by molar-refractivity contribution is 6.42. The van der Waals surface area contributed by atoms with Gasteiger partial charge in [0.15, 0.2) is 0 Å². The van der Waals surface area contributed by atoms with Gasteiger partial charge >= 0.3 is 0 Å². The maximum atomic E-state index is 9.95. The average molecular weight is 275 g/mol. The smallest absolute Gasteiger partial charge is 0.0595 e. The van der Waals surface area contributed by atoms with E-state index in [1.54, 1.807) is 6.07 Å². The molecule has 1 unspecified atom stereocenters. The van der Waals surface area contributed by atoms with Gasteiger partial charge in [0, 0.05) is 0 Å². The van der Waals surface area contributed by atoms with E-state index < -0.39 is 0 Å². The summed E-state index contributed by atoms with van der Waals surface area (Å²) in [6, 6.07) is 5.51. The van der Waals surface area contributed by atoms with Crippen LogP contribution in [0.2, 0.25) is 10.0 Å². The van der Waals surface area contributed by atoms with Crippen molar-refractivity contribution in [2.24, 2.45) is 5.41 Å². The lowest BCUT2D eigenvalue weighted by Gasteiger charge is -2.20. The van der Waals surface area contributed by atoms with Crippen LogP contribution in [0.4, 0.5) is 0 Å². The lowest BCUT2D eigenvalue weighted by atomic mass is 9.88. The van der Waals surface area contributed by atoms with Gasteiger partial charge in [-0.15, -0.1) is 0 Å². The van der Waals surface area contributed by atoms with E-state index in [1.807, 2.05) is 12.1 Å². The molecule has 0 saturated heterocycles. The molecule has 17 heavy (non-hydrogen) atoms. The third kappa shape index (κ3) is 5.76. The van der Waals surface area contributed by atoms with Crippen molar-refractivity contribution in [3.8, 4) is 0 Å². The van der Waals surface area contributed by atoms with E-state index >= 15 is 0 Å². The lowest BCUT2D eigenvalue weighted by Crippen LogP contribution is -2.15. The fourth-order valence-electron chi connectivity index (χ4n) is 1.64. The molecular weight excluding hydrogens is 255 g/mol. The molecule has 1 nitrogen and oxygen atoms in total. The number of aliphatic hydroxyl groups excluding tert-OH is 1. The fourth-order valence-corrected chi connectivity index (χ4v) is 1.96. The highest BCUT2D eigenvalue weighted by Gasteiger charge is 2.14. The van der Waals surface area contributed by atoms with Crippen molar-refractivity contribution >= 4 is 23.2 Å². The third-order valence-corrected chi connectivity index (χ3v) is 3.42. The van der Waals surface area contributed by atoms with Crippen molar-refractivity contribution in [3.63, 3.8) is 0 Å². The largest absolute Gasteiger partial charge is 0.393 e. The average Bonchev–Trinajstić information content (AvgIpc) is 2.20. The Hall–Kier alpha value is -0.240. The summed E-state index contributed by atoms with van der Waals surface area (Å²) in [7, 11) is 0. The van der Waals surface area contributed by atoms with Gasteiger partial charge in [-0.05, 0) is 42.4 Å². The summed E-state index contributed by atoms with van der Waals surface area (Å²) in [6.45, 7) is 6.54. The van der Waals surface area contributed by atoms with Crippen LogP contribution in [0, 0.1) is 5.41 Å². The van der Waals surface area contributed by atoms with Gasteiger partial charge in [0.2, 0.25) is 0 Å². The highest BCUT2D eigenvalue weighted by Crippen LogP contribution is 2.25. The molecule has 0 aliphatic rings. The summed E-state index contributed by atoms with van der Waals surface area (Å²) in [5.74, 6) is 0. The molecule has 1 aromatic rings. The maximum Gasteiger partial charge on any atom is 0.0595 e. The predicted molar refractivity (Wildman–Crippen MR) is 74.9 cm³/mol. The Morgan fingerprint density at radius 2 is 1.82 bits per heavy atom. The van der Waals surface area contributed by atoms with Crippen LogP contribution in [0.1, 0.15) is 39.2 Å². The molecule has 0 heterocycles. The molecule has 0 aliphatic heterocycles. The van der Waals surface area contributed by atoms with Crippen LogP contribution in [0.3, 0.4) is 0 Å². The van der Waals surface area contributed by atoms with Crippen molar-refractivity contribution < 1.29 is 5.11 Å². The van der Waals surface area contributed by atoms with E-state index in [9.17, 15) is 5.11 Å². The SMILES string of the molecule is CC(C)(C)CCC(O)Cc1ccc(Cl)c(Cl)c1. The van der Waals surface area contributed by atoms with Crippen molar-refractivity contribution in [1.29, 1.82) is 0 Å². The van der Waals surface area contributed by atoms with E-state index in [4.69, 9.17) is 23.2 Å². The molecule has 1 rings (SSSR count). The second kappa shape index (κ2) is 6.08. The summed E-state index contributed by atoms with van der Waals surface area (Å²) in [5.41, 5.74) is 1.29. The van der Waals surface area contributed by atoms with Crippen LogP contribution in [0.5, 0.6) is 0 Å². The quantitative estimate of drug-likeness (QED) is 0.842. The molecular formula is C14H20Cl2O. The zero-order chi connectivity index (χ0) is 13.1. The molecule has 1 atom stereocenters. The van der Waals surface area contributed by atoms with Crippen molar-refractivity contribution in [2.45, 2.75) is 46.1 Å². The second-order valence-corrected chi connectivity index (χ2v) is 6.52. The molecule has 0 saturated carbocycles. The molecule has 0 radical (unpaired) electrons. The molecule has 3 heteroatoms. The molecule has 96 valence electrons. The lowest BCUT2D eigenvalue weighted by molar-refractivity contribution is 0.146. The van der Waals surface area contributed by atoms with Crippen molar-refractivity contribution in [3.05, 3.63) is 33.8 Å². The minimum Gasteiger partial charge on any atom is -0.393 e. The van der Waals surface area contributed by atoms with Crippen LogP contribution in [-0.4, -0.2) is 11.2 Å². The zero-order valence-corrected chi connectivity index (χ0v) is 12.1. The molecule has 0 bridgehead atoms. The standard InChI is InChI=1S/C14H20Cl2O/c1-14(2,3)7-6-11(17)8-10-4-5-12(15)13(16)9-10/h4-5,9,11,17H,6-8H2,1-3H3. The van der Waals surface area contributed by atoms with Gasteiger partial charge < -0.3 is 5.11 Å². The van der Waals surface area contributed by atoms with Crippen LogP contribution < -0.4 is 0 Å². The van der Waals surface area contributed by atoms with Crippen LogP contribution in [0.15, 0.2) is 18.2 Å². The van der Waals surface area contributed by atoms with Gasteiger partial charge in [-0.3, -0.25) is 0 Å². The van der Waals surface area contributed by atoms with Crippen LogP contribution >= 0.6 is 23.2 Å². The third-order valence-electron chi connectivity index (χ3n) is 2.68. The minimum absolute atomic E-state index is 0.263. The van der Waals surface area contributed by atoms with Gasteiger partial charge in [-0.1, -0.05) is 50.0 Å². The summed E-state index contributed by atoms with van der Waals surface area (Å²) in [4.78, 5) is 0. The first kappa shape index (κ1) is 14.8. The Kier molecular flexibility index (Phi) is 5.30. The number of rotatable bonds is 4. The van der Waals surface area contributed by atoms with E-state index in [1.165, 1.54) is 0 Å². The first-order chi connectivity index (χ1) is 7.78. The number of aliphatic hydroxyl groups is 1. The molecule has 0 amide bonds. The number of benzene rings is 1. The van der Waals surface area contributed by atoms with E-state index in [2.05, 4.69) is 20.8 Å². The first-order valence-corrected chi connectivity index (χ1v) is 6.65. The first-order valence-electron chi connectivity index (χ1n) is 5.90. The van der Waals surface area contributed by atoms with Crippen molar-refractivity contribution in [1.82, 2.24) is 0 Å². The summed E-state index contributed by atoms with van der Waals surface area (Å²) >= 11 is 11.8. The highest BCUT2D eigenvalue weighted by atomic mass is 35.5. The number of hydrogen-bond donors (Lipinski definition) is 1. The Labute approximate surface area is 114 Å². The molecule has 1 N–H and O–H groups in total. The fraction of sp³-hybridized carbons (Fsp3) is 0.571. The summed E-state index contributed by atoms with van der Waals surface area (Å²) < 4.78 is 0. The summed E-state index contributed by atoms with van der Waals surface area (Å²) in [5, 5.41) is 11.1. The maximum absolute atomic E-state index is 9.95. The molecule has 0 aliphatic carbocycles. The second-order valence-electron chi connectivity index (χ2n) is 5.71. The Balaban J connectivity index is 2.50. The normalized spacial score (nSPS) is 13.8. The van der Waals surface area contributed by atoms with Gasteiger partial charge in [0.05, 0.1) is 16.1 Å². The van der Waals surface area contributed by atoms with Gasteiger partial charge in [-0.2, -0.15) is 0 Å². The summed E-state index contributed by atoms with van der Waals surface area (Å²) in [6.07, 6.45) is 2.14. The van der Waals surface area contributed by atoms with Crippen LogP contribution in [-0.2, 0) is 6.42 Å². The number of halogens is 2. The van der Waals surface area contributed by atoms with Crippen molar-refractivity contribution in [2.75, 3.05) is 0 Å². The molecule has 0 aromatic heterocycles. The Morgan fingerprint density at radius 1 is 1.18 bits per heavy atom. The molecule has 1 aromatic carbocycles. The molecule has 0 fully saturated rings. The van der Waals surface area contributed by atoms with E-state index in [-0.39, 0.29) is 11.5 Å². The Bertz CT molecular complexity index is 369. The topological polar surface area (TPSA) is 20.2 Å². The molecule has 0 spiro atoms. The van der Waals surface area contributed by atoms with Gasteiger partial charge in [-0.25, -0.2) is 0 Å². The monoisotopic (exact) mass is 274 g/mol. The van der Waals surface area contributed by atoms with Gasteiger partial charge in [0.1, 0.15) is 0 Å². The van der Waals surface area contributed by atoms with E-state index in [0.29, 0.717) is 16.5 Å².